The second kappa shape index (κ2) is 9.32. The van der Waals surface area contributed by atoms with Crippen molar-refractivity contribution in [2.75, 3.05) is 10.6 Å². The number of hydrogen-bond acceptors (Lipinski definition) is 2. The maximum absolute atomic E-state index is 13.2. The number of carbonyl (C=O) groups excluding carboxylic acids is 1. The second-order valence-electron chi connectivity index (χ2n) is 8.96. The molecule has 0 fully saturated rings. The van der Waals surface area contributed by atoms with E-state index in [0.717, 1.165) is 38.9 Å². The van der Waals surface area contributed by atoms with Crippen molar-refractivity contribution in [3.05, 3.63) is 82.4 Å². The number of anilines is 2. The molecule has 0 aliphatic carbocycles. The molecule has 2 amide bonds. The molecule has 0 atom stereocenters. The topological polar surface area (TPSA) is 54.3 Å². The number of furan rings is 1. The summed E-state index contributed by atoms with van der Waals surface area (Å²) in [6.07, 6.45) is 0. The minimum Gasteiger partial charge on any atom is -0.440 e. The van der Waals surface area contributed by atoms with E-state index in [0.29, 0.717) is 16.5 Å². The average Bonchev–Trinajstić information content (AvgIpc) is 3.10. The van der Waals surface area contributed by atoms with Gasteiger partial charge < -0.3 is 9.73 Å². The zero-order valence-electron chi connectivity index (χ0n) is 19.6. The van der Waals surface area contributed by atoms with Crippen LogP contribution in [0.2, 0.25) is 5.02 Å². The fourth-order valence-corrected chi connectivity index (χ4v) is 4.39. The van der Waals surface area contributed by atoms with Crippen molar-refractivity contribution >= 4 is 40.2 Å². The van der Waals surface area contributed by atoms with E-state index in [-0.39, 0.29) is 17.9 Å². The third kappa shape index (κ3) is 4.62. The van der Waals surface area contributed by atoms with Gasteiger partial charge in [-0.3, -0.25) is 5.32 Å². The SMILES string of the molecule is Cc1ccccc1-c1c(NC(=O)Nc2c(C(C)C)cccc2C(C)C)oc2ccc(Cl)cc12. The van der Waals surface area contributed by atoms with Gasteiger partial charge in [0.05, 0.1) is 5.56 Å². The molecule has 0 unspecified atom stereocenters. The van der Waals surface area contributed by atoms with E-state index < -0.39 is 0 Å². The normalized spacial score (nSPS) is 11.4. The van der Waals surface area contributed by atoms with E-state index in [9.17, 15) is 4.79 Å². The number of aryl methyl sites for hydroxylation is 1. The first kappa shape index (κ1) is 22.9. The summed E-state index contributed by atoms with van der Waals surface area (Å²) in [5.41, 5.74) is 6.62. The van der Waals surface area contributed by atoms with Crippen molar-refractivity contribution in [1.29, 1.82) is 0 Å². The second-order valence-corrected chi connectivity index (χ2v) is 9.40. The molecular weight excluding hydrogens is 432 g/mol. The van der Waals surface area contributed by atoms with E-state index in [1.54, 1.807) is 6.07 Å². The van der Waals surface area contributed by atoms with Gasteiger partial charge in [0, 0.05) is 16.1 Å². The highest BCUT2D eigenvalue weighted by molar-refractivity contribution is 6.31. The summed E-state index contributed by atoms with van der Waals surface area (Å²) in [5, 5.41) is 7.54. The Kier molecular flexibility index (Phi) is 6.48. The molecule has 4 nitrogen and oxygen atoms in total. The van der Waals surface area contributed by atoms with E-state index in [2.05, 4.69) is 50.5 Å². The van der Waals surface area contributed by atoms with Crippen LogP contribution in [-0.4, -0.2) is 6.03 Å². The van der Waals surface area contributed by atoms with Crippen LogP contribution in [0.4, 0.5) is 16.4 Å². The molecule has 1 heterocycles. The van der Waals surface area contributed by atoms with Gasteiger partial charge in [0.1, 0.15) is 5.58 Å². The minimum atomic E-state index is -0.343. The average molecular weight is 461 g/mol. The Hall–Kier alpha value is -3.24. The standard InChI is InChI=1S/C28H29ClN2O2/c1-16(2)20-11-8-12-21(17(3)4)26(20)30-28(32)31-27-25(22-10-7-6-9-18(22)5)23-15-19(29)13-14-24(23)33-27/h6-17H,1-5H3,(H2,30,31,32). The lowest BCUT2D eigenvalue weighted by molar-refractivity contribution is 0.261. The van der Waals surface area contributed by atoms with Gasteiger partial charge in [-0.1, -0.05) is 81.8 Å². The highest BCUT2D eigenvalue weighted by atomic mass is 35.5. The predicted octanol–water partition coefficient (Wildman–Crippen LogP) is 8.95. The fraction of sp³-hybridized carbons (Fsp3) is 0.250. The largest absolute Gasteiger partial charge is 0.440 e. The number of hydrogen-bond donors (Lipinski definition) is 2. The van der Waals surface area contributed by atoms with Gasteiger partial charge in [-0.05, 0) is 59.2 Å². The Labute approximate surface area is 200 Å². The Morgan fingerprint density at radius 3 is 2.18 bits per heavy atom. The first-order valence-electron chi connectivity index (χ1n) is 11.2. The molecule has 5 heteroatoms. The molecule has 1 aromatic heterocycles. The number of carbonyl (C=O) groups is 1. The summed E-state index contributed by atoms with van der Waals surface area (Å²) in [7, 11) is 0. The summed E-state index contributed by atoms with van der Waals surface area (Å²) >= 11 is 6.29. The van der Waals surface area contributed by atoms with Crippen molar-refractivity contribution < 1.29 is 9.21 Å². The molecule has 0 spiro atoms. The minimum absolute atomic E-state index is 0.273. The Morgan fingerprint density at radius 1 is 0.879 bits per heavy atom. The number of rotatable bonds is 5. The number of amides is 2. The molecule has 2 N–H and O–H groups in total. The zero-order valence-corrected chi connectivity index (χ0v) is 20.4. The Bertz CT molecular complexity index is 1290. The Morgan fingerprint density at radius 2 is 1.55 bits per heavy atom. The monoisotopic (exact) mass is 460 g/mol. The molecular formula is C28H29ClN2O2. The first-order chi connectivity index (χ1) is 15.8. The molecule has 0 radical (unpaired) electrons. The van der Waals surface area contributed by atoms with E-state index in [1.165, 1.54) is 0 Å². The van der Waals surface area contributed by atoms with Crippen LogP contribution in [0, 0.1) is 6.92 Å². The highest BCUT2D eigenvalue weighted by Crippen LogP contribution is 2.41. The lowest BCUT2D eigenvalue weighted by Gasteiger charge is -2.20. The van der Waals surface area contributed by atoms with Crippen LogP contribution in [0.3, 0.4) is 0 Å². The van der Waals surface area contributed by atoms with Gasteiger partial charge in [0.15, 0.2) is 0 Å². The number of urea groups is 1. The van der Waals surface area contributed by atoms with Crippen LogP contribution in [0.5, 0.6) is 0 Å². The number of halogens is 1. The first-order valence-corrected chi connectivity index (χ1v) is 11.6. The number of nitrogens with one attached hydrogen (secondary N) is 2. The molecule has 4 rings (SSSR count). The molecule has 3 aromatic carbocycles. The van der Waals surface area contributed by atoms with Crippen LogP contribution in [0.25, 0.3) is 22.1 Å². The molecule has 0 bridgehead atoms. The third-order valence-electron chi connectivity index (χ3n) is 5.90. The molecule has 4 aromatic rings. The van der Waals surface area contributed by atoms with E-state index in [4.69, 9.17) is 16.0 Å². The summed E-state index contributed by atoms with van der Waals surface area (Å²) < 4.78 is 6.10. The van der Waals surface area contributed by atoms with Crippen LogP contribution < -0.4 is 10.6 Å². The Balaban J connectivity index is 1.76. The lowest BCUT2D eigenvalue weighted by Crippen LogP contribution is -2.21. The van der Waals surface area contributed by atoms with Crippen molar-refractivity contribution in [3.63, 3.8) is 0 Å². The molecule has 0 saturated carbocycles. The highest BCUT2D eigenvalue weighted by Gasteiger charge is 2.21. The summed E-state index contributed by atoms with van der Waals surface area (Å²) in [6.45, 7) is 10.5. The van der Waals surface area contributed by atoms with Gasteiger partial charge in [-0.15, -0.1) is 0 Å². The third-order valence-corrected chi connectivity index (χ3v) is 6.14. The van der Waals surface area contributed by atoms with Crippen LogP contribution in [0.15, 0.2) is 65.1 Å². The number of fused-ring (bicyclic) bond motifs is 1. The molecule has 33 heavy (non-hydrogen) atoms. The van der Waals surface area contributed by atoms with Crippen LogP contribution in [-0.2, 0) is 0 Å². The van der Waals surface area contributed by atoms with Crippen LogP contribution in [0.1, 0.15) is 56.2 Å². The van der Waals surface area contributed by atoms with E-state index >= 15 is 0 Å². The zero-order chi connectivity index (χ0) is 23.7. The molecule has 0 aliphatic heterocycles. The predicted molar refractivity (Wildman–Crippen MR) is 139 cm³/mol. The quantitative estimate of drug-likeness (QED) is 0.312. The van der Waals surface area contributed by atoms with Gasteiger partial charge in [0.25, 0.3) is 0 Å². The fourth-order valence-electron chi connectivity index (χ4n) is 4.22. The summed E-state index contributed by atoms with van der Waals surface area (Å²) in [5.74, 6) is 0.942. The summed E-state index contributed by atoms with van der Waals surface area (Å²) in [4.78, 5) is 13.2. The van der Waals surface area contributed by atoms with Crippen molar-refractivity contribution in [1.82, 2.24) is 0 Å². The maximum Gasteiger partial charge on any atom is 0.326 e. The molecule has 0 aliphatic rings. The van der Waals surface area contributed by atoms with Crippen molar-refractivity contribution in [2.24, 2.45) is 0 Å². The van der Waals surface area contributed by atoms with Gasteiger partial charge in [-0.2, -0.15) is 0 Å². The van der Waals surface area contributed by atoms with Gasteiger partial charge in [0.2, 0.25) is 5.88 Å². The summed E-state index contributed by atoms with van der Waals surface area (Å²) in [6, 6.07) is 19.3. The van der Waals surface area contributed by atoms with Gasteiger partial charge in [-0.25, -0.2) is 4.79 Å². The van der Waals surface area contributed by atoms with Crippen molar-refractivity contribution in [2.45, 2.75) is 46.5 Å². The smallest absolute Gasteiger partial charge is 0.326 e. The van der Waals surface area contributed by atoms with Crippen LogP contribution >= 0.6 is 11.6 Å². The molecule has 0 saturated heterocycles. The van der Waals surface area contributed by atoms with Crippen molar-refractivity contribution in [3.8, 4) is 11.1 Å². The number of benzene rings is 3. The molecule has 170 valence electrons. The van der Waals surface area contributed by atoms with E-state index in [1.807, 2.05) is 49.4 Å². The lowest BCUT2D eigenvalue weighted by atomic mass is 9.93. The maximum atomic E-state index is 13.2. The number of para-hydroxylation sites is 1. The van der Waals surface area contributed by atoms with Gasteiger partial charge >= 0.3 is 6.03 Å².